The summed E-state index contributed by atoms with van der Waals surface area (Å²) in [6.45, 7) is 4.09. The third-order valence-electron chi connectivity index (χ3n) is 5.03. The SMILES string of the molecule is COc1ccc(-c2c(CC=C(C)C)ncc(N)c2NC(=O)c2cc3cccnc3s2)cc1. The normalized spacial score (nSPS) is 10.7. The van der Waals surface area contributed by atoms with Crippen molar-refractivity contribution >= 4 is 38.8 Å². The van der Waals surface area contributed by atoms with E-state index in [-0.39, 0.29) is 5.91 Å². The van der Waals surface area contributed by atoms with Crippen LogP contribution < -0.4 is 15.8 Å². The summed E-state index contributed by atoms with van der Waals surface area (Å²) in [5, 5.41) is 3.97. The van der Waals surface area contributed by atoms with Gasteiger partial charge in [-0.2, -0.15) is 0 Å². The van der Waals surface area contributed by atoms with Gasteiger partial charge in [-0.1, -0.05) is 29.8 Å². The average molecular weight is 445 g/mol. The van der Waals surface area contributed by atoms with Gasteiger partial charge in [-0.25, -0.2) is 4.98 Å². The highest BCUT2D eigenvalue weighted by molar-refractivity contribution is 7.20. The summed E-state index contributed by atoms with van der Waals surface area (Å²) in [4.78, 5) is 23.5. The van der Waals surface area contributed by atoms with Crippen LogP contribution in [0, 0.1) is 0 Å². The van der Waals surface area contributed by atoms with Gasteiger partial charge in [0.2, 0.25) is 0 Å². The lowest BCUT2D eigenvalue weighted by Gasteiger charge is -2.17. The van der Waals surface area contributed by atoms with Crippen molar-refractivity contribution in [2.24, 2.45) is 0 Å². The number of carbonyl (C=O) groups is 1. The minimum atomic E-state index is -0.228. The number of hydrogen-bond donors (Lipinski definition) is 2. The van der Waals surface area contributed by atoms with Gasteiger partial charge in [-0.3, -0.25) is 9.78 Å². The second-order valence-corrected chi connectivity index (χ2v) is 8.62. The Bertz CT molecular complexity index is 1270. The molecule has 7 heteroatoms. The minimum Gasteiger partial charge on any atom is -0.497 e. The predicted octanol–water partition coefficient (Wildman–Crippen LogP) is 5.71. The Kier molecular flexibility index (Phi) is 6.18. The van der Waals surface area contributed by atoms with Crippen LogP contribution >= 0.6 is 11.3 Å². The molecule has 0 aliphatic rings. The number of carbonyl (C=O) groups excluding carboxylic acids is 1. The van der Waals surface area contributed by atoms with Crippen LogP contribution in [0.5, 0.6) is 5.75 Å². The monoisotopic (exact) mass is 444 g/mol. The number of pyridine rings is 2. The van der Waals surface area contributed by atoms with Crippen molar-refractivity contribution in [2.75, 3.05) is 18.2 Å². The molecule has 0 saturated carbocycles. The van der Waals surface area contributed by atoms with E-state index in [0.29, 0.717) is 22.7 Å². The number of nitrogens with zero attached hydrogens (tertiary/aromatic N) is 2. The molecule has 0 atom stereocenters. The molecule has 0 fully saturated rings. The van der Waals surface area contributed by atoms with Crippen molar-refractivity contribution in [3.05, 3.63) is 77.1 Å². The van der Waals surface area contributed by atoms with Gasteiger partial charge in [0.1, 0.15) is 10.6 Å². The van der Waals surface area contributed by atoms with E-state index in [0.717, 1.165) is 32.8 Å². The molecule has 32 heavy (non-hydrogen) atoms. The van der Waals surface area contributed by atoms with E-state index in [2.05, 4.69) is 21.4 Å². The average Bonchev–Trinajstić information content (AvgIpc) is 3.24. The smallest absolute Gasteiger partial charge is 0.265 e. The van der Waals surface area contributed by atoms with Crippen LogP contribution in [0.15, 0.2) is 66.5 Å². The number of ether oxygens (including phenoxy) is 1. The van der Waals surface area contributed by atoms with E-state index in [9.17, 15) is 4.79 Å². The van der Waals surface area contributed by atoms with Crippen molar-refractivity contribution in [2.45, 2.75) is 20.3 Å². The molecular weight excluding hydrogens is 420 g/mol. The number of nitrogens with one attached hydrogen (secondary N) is 1. The third-order valence-corrected chi connectivity index (χ3v) is 6.08. The topological polar surface area (TPSA) is 90.1 Å². The molecule has 6 nitrogen and oxygen atoms in total. The van der Waals surface area contributed by atoms with Gasteiger partial charge in [0.15, 0.2) is 0 Å². The summed E-state index contributed by atoms with van der Waals surface area (Å²) in [7, 11) is 1.63. The summed E-state index contributed by atoms with van der Waals surface area (Å²) in [5.74, 6) is 0.522. The van der Waals surface area contributed by atoms with Crippen LogP contribution in [0.25, 0.3) is 21.3 Å². The molecule has 3 N–H and O–H groups in total. The molecule has 0 saturated heterocycles. The van der Waals surface area contributed by atoms with Crippen molar-refractivity contribution in [3.63, 3.8) is 0 Å². The second-order valence-electron chi connectivity index (χ2n) is 7.59. The van der Waals surface area contributed by atoms with Crippen LogP contribution in [0.4, 0.5) is 11.4 Å². The fraction of sp³-hybridized carbons (Fsp3) is 0.160. The number of hydrogen-bond acceptors (Lipinski definition) is 6. The van der Waals surface area contributed by atoms with Gasteiger partial charge in [0, 0.05) is 23.6 Å². The number of fused-ring (bicyclic) bond motifs is 1. The molecule has 4 rings (SSSR count). The number of anilines is 2. The highest BCUT2D eigenvalue weighted by Gasteiger charge is 2.19. The minimum absolute atomic E-state index is 0.228. The van der Waals surface area contributed by atoms with E-state index >= 15 is 0 Å². The highest BCUT2D eigenvalue weighted by Crippen LogP contribution is 2.37. The number of nitrogen functional groups attached to an aromatic ring is 1. The molecule has 3 aromatic heterocycles. The Hall–Kier alpha value is -3.71. The van der Waals surface area contributed by atoms with Crippen molar-refractivity contribution in [3.8, 4) is 16.9 Å². The number of nitrogens with two attached hydrogens (primary N) is 1. The molecule has 0 spiro atoms. The summed E-state index contributed by atoms with van der Waals surface area (Å²) in [6.07, 6.45) is 6.05. The number of methoxy groups -OCH3 is 1. The molecule has 0 bridgehead atoms. The number of amides is 1. The molecule has 0 radical (unpaired) electrons. The van der Waals surface area contributed by atoms with Crippen LogP contribution in [-0.4, -0.2) is 23.0 Å². The Labute approximate surface area is 190 Å². The Morgan fingerprint density at radius 1 is 1.19 bits per heavy atom. The Balaban J connectivity index is 1.79. The van der Waals surface area contributed by atoms with Gasteiger partial charge in [-0.15, -0.1) is 11.3 Å². The molecular formula is C25H24N4O2S. The first-order valence-electron chi connectivity index (χ1n) is 10.2. The Morgan fingerprint density at radius 3 is 2.66 bits per heavy atom. The zero-order chi connectivity index (χ0) is 22.7. The molecule has 0 aliphatic heterocycles. The maximum atomic E-state index is 13.2. The maximum Gasteiger partial charge on any atom is 0.265 e. The van der Waals surface area contributed by atoms with E-state index in [4.69, 9.17) is 10.5 Å². The van der Waals surface area contributed by atoms with Gasteiger partial charge < -0.3 is 15.8 Å². The lowest BCUT2D eigenvalue weighted by atomic mass is 9.98. The van der Waals surface area contributed by atoms with Crippen LogP contribution in [0.3, 0.4) is 0 Å². The summed E-state index contributed by atoms with van der Waals surface area (Å²) >= 11 is 1.35. The quantitative estimate of drug-likeness (QED) is 0.372. The first-order valence-corrected chi connectivity index (χ1v) is 11.0. The summed E-state index contributed by atoms with van der Waals surface area (Å²) < 4.78 is 5.30. The fourth-order valence-electron chi connectivity index (χ4n) is 3.38. The number of aromatic nitrogens is 2. The van der Waals surface area contributed by atoms with Crippen molar-refractivity contribution in [1.82, 2.24) is 9.97 Å². The maximum absolute atomic E-state index is 13.2. The van der Waals surface area contributed by atoms with Crippen molar-refractivity contribution < 1.29 is 9.53 Å². The molecule has 3 heterocycles. The number of benzene rings is 1. The third kappa shape index (κ3) is 4.48. The number of allylic oxidation sites excluding steroid dienone is 2. The fourth-order valence-corrected chi connectivity index (χ4v) is 4.28. The standard InChI is InChI=1S/C25H24N4O2S/c1-15(2)6-11-20-22(16-7-9-18(31-3)10-8-16)23(19(26)14-28-20)29-24(30)21-13-17-5-4-12-27-25(17)32-21/h4-10,12-14H,11,26H2,1-3H3,(H,28,29,30). The van der Waals surface area contributed by atoms with Crippen molar-refractivity contribution in [1.29, 1.82) is 0 Å². The second kappa shape index (κ2) is 9.20. The molecule has 1 amide bonds. The van der Waals surface area contributed by atoms with Gasteiger partial charge in [0.05, 0.1) is 35.3 Å². The van der Waals surface area contributed by atoms with E-state index < -0.39 is 0 Å². The predicted molar refractivity (Wildman–Crippen MR) is 131 cm³/mol. The van der Waals surface area contributed by atoms with E-state index in [1.165, 1.54) is 16.9 Å². The van der Waals surface area contributed by atoms with Gasteiger partial charge >= 0.3 is 0 Å². The van der Waals surface area contributed by atoms with Crippen LogP contribution in [0.2, 0.25) is 0 Å². The molecule has 1 aromatic carbocycles. The zero-order valence-corrected chi connectivity index (χ0v) is 19.0. The molecule has 4 aromatic rings. The number of rotatable bonds is 6. The highest BCUT2D eigenvalue weighted by atomic mass is 32.1. The summed E-state index contributed by atoms with van der Waals surface area (Å²) in [6, 6.07) is 13.3. The zero-order valence-electron chi connectivity index (χ0n) is 18.2. The largest absolute Gasteiger partial charge is 0.497 e. The lowest BCUT2D eigenvalue weighted by Crippen LogP contribution is -2.14. The molecule has 0 aliphatic carbocycles. The Morgan fingerprint density at radius 2 is 1.97 bits per heavy atom. The van der Waals surface area contributed by atoms with Gasteiger partial charge in [0.25, 0.3) is 5.91 Å². The summed E-state index contributed by atoms with van der Waals surface area (Å²) in [5.41, 5.74) is 11.0. The molecule has 0 unspecified atom stereocenters. The first-order chi connectivity index (χ1) is 15.5. The first kappa shape index (κ1) is 21.5. The van der Waals surface area contributed by atoms with Crippen LogP contribution in [-0.2, 0) is 6.42 Å². The van der Waals surface area contributed by atoms with E-state index in [1.807, 2.05) is 56.3 Å². The van der Waals surface area contributed by atoms with Crippen LogP contribution in [0.1, 0.15) is 29.2 Å². The lowest BCUT2D eigenvalue weighted by molar-refractivity contribution is 0.103. The van der Waals surface area contributed by atoms with E-state index in [1.54, 1.807) is 19.5 Å². The molecule has 162 valence electrons. The van der Waals surface area contributed by atoms with Gasteiger partial charge in [-0.05, 0) is 43.7 Å². The number of thiophene rings is 1.